The van der Waals surface area contributed by atoms with Crippen LogP contribution in [0.2, 0.25) is 10.0 Å². The zero-order chi connectivity index (χ0) is 12.4. The van der Waals surface area contributed by atoms with Crippen molar-refractivity contribution in [1.82, 2.24) is 5.32 Å². The van der Waals surface area contributed by atoms with Crippen molar-refractivity contribution >= 4 is 28.9 Å². The van der Waals surface area contributed by atoms with Gasteiger partial charge in [0.25, 0.3) is 0 Å². The molecular weight excluding hydrogens is 262 g/mol. The summed E-state index contributed by atoms with van der Waals surface area (Å²) in [4.78, 5) is 2.17. The summed E-state index contributed by atoms with van der Waals surface area (Å²) in [6.45, 7) is 4.75. The Balaban J connectivity index is 2.38. The first-order valence-electron chi connectivity index (χ1n) is 5.75. The number of hydrogen-bond donors (Lipinski definition) is 1. The summed E-state index contributed by atoms with van der Waals surface area (Å²) in [7, 11) is 0. The van der Waals surface area contributed by atoms with Crippen molar-refractivity contribution in [3.63, 3.8) is 0 Å². The van der Waals surface area contributed by atoms with Gasteiger partial charge in [-0.2, -0.15) is 0 Å². The van der Waals surface area contributed by atoms with Crippen LogP contribution in [-0.4, -0.2) is 25.7 Å². The summed E-state index contributed by atoms with van der Waals surface area (Å²) in [6.07, 6.45) is 0.997. The van der Waals surface area contributed by atoms with Crippen molar-refractivity contribution in [3.05, 3.63) is 28.0 Å². The summed E-state index contributed by atoms with van der Waals surface area (Å²) in [5, 5.41) is 4.10. The molecule has 0 aliphatic carbocycles. The maximum absolute atomic E-state index is 13.2. The Morgan fingerprint density at radius 2 is 2.06 bits per heavy atom. The van der Waals surface area contributed by atoms with E-state index in [1.165, 1.54) is 12.1 Å². The van der Waals surface area contributed by atoms with Gasteiger partial charge in [0.05, 0.1) is 15.7 Å². The van der Waals surface area contributed by atoms with Crippen molar-refractivity contribution in [1.29, 1.82) is 0 Å². The molecule has 2 rings (SSSR count). The lowest BCUT2D eigenvalue weighted by Gasteiger charge is -2.38. The number of anilines is 1. The monoisotopic (exact) mass is 276 g/mol. The summed E-state index contributed by atoms with van der Waals surface area (Å²) >= 11 is 12.2. The molecule has 0 amide bonds. The molecule has 1 aromatic rings. The zero-order valence-electron chi connectivity index (χ0n) is 9.64. The van der Waals surface area contributed by atoms with Gasteiger partial charge in [-0.25, -0.2) is 4.39 Å². The van der Waals surface area contributed by atoms with Crippen LogP contribution in [-0.2, 0) is 0 Å². The van der Waals surface area contributed by atoms with Crippen LogP contribution in [0.4, 0.5) is 10.1 Å². The van der Waals surface area contributed by atoms with E-state index < -0.39 is 5.82 Å². The van der Waals surface area contributed by atoms with Crippen LogP contribution in [0.1, 0.15) is 13.3 Å². The molecule has 5 heteroatoms. The lowest BCUT2D eigenvalue weighted by atomic mass is 10.1. The molecular formula is C12H15Cl2FN2. The van der Waals surface area contributed by atoms with Gasteiger partial charge >= 0.3 is 0 Å². The molecule has 1 unspecified atom stereocenters. The van der Waals surface area contributed by atoms with E-state index in [1.807, 2.05) is 0 Å². The zero-order valence-corrected chi connectivity index (χ0v) is 11.2. The smallest absolute Gasteiger partial charge is 0.126 e. The first kappa shape index (κ1) is 12.9. The van der Waals surface area contributed by atoms with E-state index in [9.17, 15) is 4.39 Å². The highest BCUT2D eigenvalue weighted by molar-refractivity contribution is 6.39. The van der Waals surface area contributed by atoms with Crippen LogP contribution < -0.4 is 10.2 Å². The largest absolute Gasteiger partial charge is 0.364 e. The molecule has 1 aliphatic rings. The number of hydrogen-bond acceptors (Lipinski definition) is 2. The van der Waals surface area contributed by atoms with E-state index in [4.69, 9.17) is 23.2 Å². The molecule has 2 nitrogen and oxygen atoms in total. The van der Waals surface area contributed by atoms with Gasteiger partial charge in [-0.15, -0.1) is 0 Å². The lowest BCUT2D eigenvalue weighted by Crippen LogP contribution is -2.51. The Labute approximate surface area is 111 Å². The average Bonchev–Trinajstić information content (AvgIpc) is 2.28. The SMILES string of the molecule is CCC1CNCCN1c1c(Cl)cc(F)cc1Cl. The van der Waals surface area contributed by atoms with Crippen LogP contribution in [0.15, 0.2) is 12.1 Å². The van der Waals surface area contributed by atoms with Crippen LogP contribution in [0.3, 0.4) is 0 Å². The van der Waals surface area contributed by atoms with Crippen molar-refractivity contribution < 1.29 is 4.39 Å². The molecule has 1 atom stereocenters. The predicted molar refractivity (Wildman–Crippen MR) is 70.7 cm³/mol. The summed E-state index contributed by atoms with van der Waals surface area (Å²) in [5.74, 6) is -0.396. The Bertz CT molecular complexity index is 388. The van der Waals surface area contributed by atoms with Crippen LogP contribution in [0.25, 0.3) is 0 Å². The normalized spacial score (nSPS) is 20.7. The summed E-state index contributed by atoms with van der Waals surface area (Å²) in [5.41, 5.74) is 0.753. The van der Waals surface area contributed by atoms with Gasteiger partial charge in [0.2, 0.25) is 0 Å². The second-order valence-corrected chi connectivity index (χ2v) is 4.99. The first-order valence-corrected chi connectivity index (χ1v) is 6.51. The third kappa shape index (κ3) is 2.67. The standard InChI is InChI=1S/C12H15Cl2FN2/c1-2-9-7-16-3-4-17(9)12-10(13)5-8(15)6-11(12)14/h5-6,9,16H,2-4,7H2,1H3. The molecule has 1 aliphatic heterocycles. The highest BCUT2D eigenvalue weighted by atomic mass is 35.5. The molecule has 1 aromatic carbocycles. The third-order valence-electron chi connectivity index (χ3n) is 3.09. The summed E-state index contributed by atoms with van der Waals surface area (Å²) in [6, 6.07) is 2.99. The number of nitrogens with zero attached hydrogens (tertiary/aromatic N) is 1. The van der Waals surface area contributed by atoms with Crippen LogP contribution >= 0.6 is 23.2 Å². The predicted octanol–water partition coefficient (Wildman–Crippen LogP) is 3.32. The van der Waals surface area contributed by atoms with Crippen molar-refractivity contribution in [2.45, 2.75) is 19.4 Å². The Hall–Kier alpha value is -0.510. The second kappa shape index (κ2) is 5.42. The number of piperazine rings is 1. The van der Waals surface area contributed by atoms with E-state index in [-0.39, 0.29) is 0 Å². The van der Waals surface area contributed by atoms with E-state index in [0.717, 1.165) is 31.7 Å². The quantitative estimate of drug-likeness (QED) is 0.892. The minimum atomic E-state index is -0.396. The number of halogens is 3. The molecule has 1 heterocycles. The van der Waals surface area contributed by atoms with Gasteiger partial charge in [-0.05, 0) is 18.6 Å². The highest BCUT2D eigenvalue weighted by Gasteiger charge is 2.24. The Kier molecular flexibility index (Phi) is 4.13. The fourth-order valence-electron chi connectivity index (χ4n) is 2.23. The summed E-state index contributed by atoms with van der Waals surface area (Å²) < 4.78 is 13.2. The van der Waals surface area contributed by atoms with E-state index in [0.29, 0.717) is 16.1 Å². The van der Waals surface area contributed by atoms with Crippen molar-refractivity contribution in [3.8, 4) is 0 Å². The molecule has 0 radical (unpaired) electrons. The van der Waals surface area contributed by atoms with Crippen molar-refractivity contribution in [2.24, 2.45) is 0 Å². The topological polar surface area (TPSA) is 15.3 Å². The molecule has 94 valence electrons. The average molecular weight is 277 g/mol. The Morgan fingerprint density at radius 3 is 2.65 bits per heavy atom. The lowest BCUT2D eigenvalue weighted by molar-refractivity contribution is 0.466. The minimum Gasteiger partial charge on any atom is -0.364 e. The molecule has 1 saturated heterocycles. The van der Waals surface area contributed by atoms with E-state index in [2.05, 4.69) is 17.1 Å². The highest BCUT2D eigenvalue weighted by Crippen LogP contribution is 2.36. The number of rotatable bonds is 2. The molecule has 0 spiro atoms. The van der Waals surface area contributed by atoms with Crippen molar-refractivity contribution in [2.75, 3.05) is 24.5 Å². The number of benzene rings is 1. The first-order chi connectivity index (χ1) is 8.13. The fourth-order valence-corrected chi connectivity index (χ4v) is 2.91. The molecule has 0 saturated carbocycles. The maximum atomic E-state index is 13.2. The van der Waals surface area contributed by atoms with Gasteiger partial charge in [-0.1, -0.05) is 30.1 Å². The van der Waals surface area contributed by atoms with E-state index in [1.54, 1.807) is 0 Å². The molecule has 17 heavy (non-hydrogen) atoms. The third-order valence-corrected chi connectivity index (χ3v) is 3.67. The second-order valence-electron chi connectivity index (χ2n) is 4.18. The molecule has 1 fully saturated rings. The van der Waals surface area contributed by atoms with Crippen LogP contribution in [0.5, 0.6) is 0 Å². The van der Waals surface area contributed by atoms with Gasteiger partial charge in [0.1, 0.15) is 5.82 Å². The van der Waals surface area contributed by atoms with Gasteiger partial charge in [0, 0.05) is 25.7 Å². The van der Waals surface area contributed by atoms with Crippen LogP contribution in [0, 0.1) is 5.82 Å². The fraction of sp³-hybridized carbons (Fsp3) is 0.500. The molecule has 1 N–H and O–H groups in total. The molecule has 0 aromatic heterocycles. The van der Waals surface area contributed by atoms with Gasteiger partial charge in [-0.3, -0.25) is 0 Å². The molecule has 0 bridgehead atoms. The van der Waals surface area contributed by atoms with Gasteiger partial charge < -0.3 is 10.2 Å². The number of nitrogens with one attached hydrogen (secondary N) is 1. The Morgan fingerprint density at radius 1 is 1.41 bits per heavy atom. The van der Waals surface area contributed by atoms with E-state index >= 15 is 0 Å². The van der Waals surface area contributed by atoms with Gasteiger partial charge in [0.15, 0.2) is 0 Å². The minimum absolute atomic E-state index is 0.351. The maximum Gasteiger partial charge on any atom is 0.126 e.